The molecular weight excluding hydrogens is 384 g/mol. The molecule has 0 unspecified atom stereocenters. The molecule has 1 amide bonds. The Morgan fingerprint density at radius 1 is 1.17 bits per heavy atom. The molecule has 3 aromatic heterocycles. The summed E-state index contributed by atoms with van der Waals surface area (Å²) in [6.07, 6.45) is 6.75. The third kappa shape index (κ3) is 4.27. The van der Waals surface area contributed by atoms with E-state index in [1.165, 1.54) is 0 Å². The predicted octanol–water partition coefficient (Wildman–Crippen LogP) is 3.39. The Kier molecular flexibility index (Phi) is 5.53. The summed E-state index contributed by atoms with van der Waals surface area (Å²) in [6, 6.07) is 4.02. The molecule has 0 radical (unpaired) electrons. The van der Waals surface area contributed by atoms with Gasteiger partial charge in [-0.05, 0) is 25.8 Å². The second-order valence-electron chi connectivity index (χ2n) is 7.47. The third-order valence-corrected chi connectivity index (χ3v) is 6.02. The predicted molar refractivity (Wildman–Crippen MR) is 114 cm³/mol. The van der Waals surface area contributed by atoms with Gasteiger partial charge in [0, 0.05) is 67.5 Å². The highest BCUT2D eigenvalue weighted by atomic mass is 32.1. The van der Waals surface area contributed by atoms with Crippen LogP contribution in [0.3, 0.4) is 0 Å². The van der Waals surface area contributed by atoms with Gasteiger partial charge in [0.1, 0.15) is 11.5 Å². The van der Waals surface area contributed by atoms with E-state index in [1.54, 1.807) is 29.9 Å². The summed E-state index contributed by atoms with van der Waals surface area (Å²) in [6.45, 7) is 3.50. The van der Waals surface area contributed by atoms with Crippen molar-refractivity contribution in [3.05, 3.63) is 52.2 Å². The first-order valence-corrected chi connectivity index (χ1v) is 10.6. The fourth-order valence-corrected chi connectivity index (χ4v) is 4.21. The third-order valence-electron chi connectivity index (χ3n) is 5.16. The van der Waals surface area contributed by atoms with E-state index in [0.717, 1.165) is 47.9 Å². The highest BCUT2D eigenvalue weighted by molar-refractivity contribution is 7.10. The van der Waals surface area contributed by atoms with Crippen molar-refractivity contribution in [1.29, 1.82) is 0 Å². The van der Waals surface area contributed by atoms with Gasteiger partial charge in [-0.15, -0.1) is 11.3 Å². The Bertz CT molecular complexity index is 995. The lowest BCUT2D eigenvalue weighted by atomic mass is 9.92. The molecule has 3 aromatic rings. The largest absolute Gasteiger partial charge is 0.363 e. The second-order valence-corrected chi connectivity index (χ2v) is 8.59. The van der Waals surface area contributed by atoms with Crippen LogP contribution in [0.5, 0.6) is 0 Å². The SMILES string of the molecule is Cc1cc(C(=O)N2CCC(c3cc(N(C)C)nc(-c4cnccn4)n3)CC2)cs1. The van der Waals surface area contributed by atoms with Gasteiger partial charge in [0.25, 0.3) is 5.91 Å². The van der Waals surface area contributed by atoms with E-state index in [4.69, 9.17) is 4.98 Å². The number of nitrogens with zero attached hydrogens (tertiary/aromatic N) is 6. The lowest BCUT2D eigenvalue weighted by molar-refractivity contribution is 0.0712. The number of amides is 1. The monoisotopic (exact) mass is 408 g/mol. The number of aryl methyl sites for hydroxylation is 1. The molecule has 150 valence electrons. The standard InChI is InChI=1S/C21H24N6OS/c1-14-10-16(13-29-14)21(28)27-8-4-15(5-9-27)17-11-19(26(2)3)25-20(24-17)18-12-22-6-7-23-18/h6-7,10-13,15H,4-5,8-9H2,1-3H3. The summed E-state index contributed by atoms with van der Waals surface area (Å²) < 4.78 is 0. The molecular formula is C21H24N6OS. The zero-order valence-electron chi connectivity index (χ0n) is 16.9. The number of piperidine rings is 1. The molecule has 1 aliphatic rings. The molecule has 4 rings (SSSR count). The Hall–Kier alpha value is -2.87. The number of rotatable bonds is 4. The number of carbonyl (C=O) groups excluding carboxylic acids is 1. The van der Waals surface area contributed by atoms with Crippen LogP contribution in [0.25, 0.3) is 11.5 Å². The molecule has 0 spiro atoms. The van der Waals surface area contributed by atoms with E-state index in [2.05, 4.69) is 15.0 Å². The highest BCUT2D eigenvalue weighted by Gasteiger charge is 2.27. The summed E-state index contributed by atoms with van der Waals surface area (Å²) in [5, 5.41) is 1.95. The first-order chi connectivity index (χ1) is 14.0. The maximum Gasteiger partial charge on any atom is 0.254 e. The van der Waals surface area contributed by atoms with E-state index in [9.17, 15) is 4.79 Å². The van der Waals surface area contributed by atoms with Crippen LogP contribution in [0.1, 0.15) is 39.7 Å². The number of carbonyl (C=O) groups is 1. The van der Waals surface area contributed by atoms with Crippen molar-refractivity contribution in [3.8, 4) is 11.5 Å². The molecule has 0 N–H and O–H groups in total. The molecule has 0 aromatic carbocycles. The maximum absolute atomic E-state index is 12.7. The fourth-order valence-electron chi connectivity index (χ4n) is 3.54. The molecule has 0 bridgehead atoms. The molecule has 7 nitrogen and oxygen atoms in total. The van der Waals surface area contributed by atoms with Crippen LogP contribution < -0.4 is 4.90 Å². The van der Waals surface area contributed by atoms with Gasteiger partial charge >= 0.3 is 0 Å². The molecule has 4 heterocycles. The van der Waals surface area contributed by atoms with Gasteiger partial charge in [0.2, 0.25) is 0 Å². The van der Waals surface area contributed by atoms with Gasteiger partial charge in [0.15, 0.2) is 5.82 Å². The van der Waals surface area contributed by atoms with Crippen molar-refractivity contribution in [3.63, 3.8) is 0 Å². The average Bonchev–Trinajstić information content (AvgIpc) is 3.20. The Balaban J connectivity index is 1.53. The minimum Gasteiger partial charge on any atom is -0.363 e. The summed E-state index contributed by atoms with van der Waals surface area (Å²) in [5.41, 5.74) is 2.47. The first kappa shape index (κ1) is 19.4. The zero-order valence-corrected chi connectivity index (χ0v) is 17.7. The summed E-state index contributed by atoms with van der Waals surface area (Å²) in [5.74, 6) is 1.86. The second kappa shape index (κ2) is 8.24. The van der Waals surface area contributed by atoms with E-state index < -0.39 is 0 Å². The van der Waals surface area contributed by atoms with Crippen LogP contribution in [0, 0.1) is 6.92 Å². The van der Waals surface area contributed by atoms with Crippen molar-refractivity contribution in [2.45, 2.75) is 25.7 Å². The van der Waals surface area contributed by atoms with Crippen LogP contribution in [-0.2, 0) is 0 Å². The minimum absolute atomic E-state index is 0.129. The zero-order chi connectivity index (χ0) is 20.4. The van der Waals surface area contributed by atoms with Gasteiger partial charge in [0.05, 0.1) is 11.8 Å². The highest BCUT2D eigenvalue weighted by Crippen LogP contribution is 2.30. The van der Waals surface area contributed by atoms with Crippen LogP contribution >= 0.6 is 11.3 Å². The Labute approximate surface area is 174 Å². The van der Waals surface area contributed by atoms with Gasteiger partial charge in [-0.1, -0.05) is 0 Å². The molecule has 1 saturated heterocycles. The quantitative estimate of drug-likeness (QED) is 0.659. The molecule has 1 fully saturated rings. The smallest absolute Gasteiger partial charge is 0.254 e. The molecule has 0 aliphatic carbocycles. The van der Waals surface area contributed by atoms with Crippen molar-refractivity contribution in [2.75, 3.05) is 32.1 Å². The van der Waals surface area contributed by atoms with E-state index >= 15 is 0 Å². The van der Waals surface area contributed by atoms with Gasteiger partial charge < -0.3 is 9.80 Å². The first-order valence-electron chi connectivity index (χ1n) is 9.68. The fraction of sp³-hybridized carbons (Fsp3) is 0.381. The molecule has 1 aliphatic heterocycles. The Morgan fingerprint density at radius 3 is 2.59 bits per heavy atom. The number of hydrogen-bond acceptors (Lipinski definition) is 7. The molecule has 29 heavy (non-hydrogen) atoms. The molecule has 8 heteroatoms. The van der Waals surface area contributed by atoms with Crippen molar-refractivity contribution < 1.29 is 4.79 Å². The lowest BCUT2D eigenvalue weighted by Crippen LogP contribution is -2.38. The van der Waals surface area contributed by atoms with Crippen LogP contribution in [0.15, 0.2) is 36.1 Å². The number of anilines is 1. The number of hydrogen-bond donors (Lipinski definition) is 0. The lowest BCUT2D eigenvalue weighted by Gasteiger charge is -2.32. The van der Waals surface area contributed by atoms with Crippen molar-refractivity contribution in [1.82, 2.24) is 24.8 Å². The van der Waals surface area contributed by atoms with Crippen LogP contribution in [0.2, 0.25) is 0 Å². The number of thiophene rings is 1. The van der Waals surface area contributed by atoms with Gasteiger partial charge in [-0.3, -0.25) is 9.78 Å². The van der Waals surface area contributed by atoms with Crippen LogP contribution in [0.4, 0.5) is 5.82 Å². The van der Waals surface area contributed by atoms with E-state index in [-0.39, 0.29) is 5.91 Å². The average molecular weight is 409 g/mol. The topological polar surface area (TPSA) is 75.1 Å². The van der Waals surface area contributed by atoms with Gasteiger partial charge in [-0.25, -0.2) is 15.0 Å². The number of aromatic nitrogens is 4. The van der Waals surface area contributed by atoms with Gasteiger partial charge in [-0.2, -0.15) is 0 Å². The molecule has 0 atom stereocenters. The van der Waals surface area contributed by atoms with Crippen LogP contribution in [-0.4, -0.2) is 57.9 Å². The number of likely N-dealkylation sites (tertiary alicyclic amines) is 1. The summed E-state index contributed by atoms with van der Waals surface area (Å²) >= 11 is 1.62. The summed E-state index contributed by atoms with van der Waals surface area (Å²) in [7, 11) is 3.94. The summed E-state index contributed by atoms with van der Waals surface area (Å²) in [4.78, 5) is 35.7. The normalized spacial score (nSPS) is 14.8. The van der Waals surface area contributed by atoms with E-state index in [1.807, 2.05) is 48.3 Å². The minimum atomic E-state index is 0.129. The molecule has 0 saturated carbocycles. The maximum atomic E-state index is 12.7. The van der Waals surface area contributed by atoms with E-state index in [0.29, 0.717) is 17.4 Å². The van der Waals surface area contributed by atoms with Crippen molar-refractivity contribution >= 4 is 23.1 Å². The Morgan fingerprint density at radius 2 is 1.97 bits per heavy atom. The van der Waals surface area contributed by atoms with Crippen molar-refractivity contribution in [2.24, 2.45) is 0 Å².